The average Bonchev–Trinajstić information content (AvgIpc) is 2.55. The van der Waals surface area contributed by atoms with Gasteiger partial charge in [0, 0.05) is 0 Å². The molecule has 0 saturated heterocycles. The maximum Gasteiger partial charge on any atom is 0.261 e. The SMILES string of the molecule is CC[C@H](Oc1ccc(C)cc1)C(=O)N[C@@H](C)c1ccccc1. The highest BCUT2D eigenvalue weighted by molar-refractivity contribution is 5.81. The van der Waals surface area contributed by atoms with Crippen LogP contribution in [0, 0.1) is 6.92 Å². The lowest BCUT2D eigenvalue weighted by atomic mass is 10.1. The highest BCUT2D eigenvalue weighted by Crippen LogP contribution is 2.16. The van der Waals surface area contributed by atoms with Gasteiger partial charge in [-0.1, -0.05) is 55.0 Å². The van der Waals surface area contributed by atoms with E-state index in [1.807, 2.05) is 75.4 Å². The Morgan fingerprint density at radius 1 is 1.09 bits per heavy atom. The first kappa shape index (κ1) is 16.1. The lowest BCUT2D eigenvalue weighted by Gasteiger charge is -2.21. The number of aryl methyl sites for hydroxylation is 1. The van der Waals surface area contributed by atoms with Gasteiger partial charge < -0.3 is 10.1 Å². The second kappa shape index (κ2) is 7.64. The molecule has 0 bridgehead atoms. The first-order valence-electron chi connectivity index (χ1n) is 7.68. The highest BCUT2D eigenvalue weighted by Gasteiger charge is 2.20. The molecule has 0 aliphatic rings. The van der Waals surface area contributed by atoms with Crippen molar-refractivity contribution in [3.63, 3.8) is 0 Å². The van der Waals surface area contributed by atoms with Crippen LogP contribution in [-0.2, 0) is 4.79 Å². The van der Waals surface area contributed by atoms with Gasteiger partial charge in [-0.2, -0.15) is 0 Å². The Morgan fingerprint density at radius 3 is 2.32 bits per heavy atom. The molecule has 2 atom stereocenters. The molecular weight excluding hydrogens is 274 g/mol. The van der Waals surface area contributed by atoms with E-state index in [0.29, 0.717) is 6.42 Å². The van der Waals surface area contributed by atoms with Crippen LogP contribution in [0.15, 0.2) is 54.6 Å². The molecule has 22 heavy (non-hydrogen) atoms. The zero-order valence-electron chi connectivity index (χ0n) is 13.4. The lowest BCUT2D eigenvalue weighted by Crippen LogP contribution is -2.39. The second-order valence-corrected chi connectivity index (χ2v) is 5.47. The van der Waals surface area contributed by atoms with E-state index in [1.165, 1.54) is 5.56 Å². The molecule has 0 aromatic heterocycles. The Hall–Kier alpha value is -2.29. The number of hydrogen-bond donors (Lipinski definition) is 1. The zero-order valence-corrected chi connectivity index (χ0v) is 13.4. The van der Waals surface area contributed by atoms with Gasteiger partial charge in [-0.05, 0) is 38.0 Å². The number of rotatable bonds is 6. The van der Waals surface area contributed by atoms with Crippen LogP contribution in [0.5, 0.6) is 5.75 Å². The molecule has 3 nitrogen and oxygen atoms in total. The molecule has 2 aromatic carbocycles. The van der Waals surface area contributed by atoms with Gasteiger partial charge in [0.05, 0.1) is 6.04 Å². The van der Waals surface area contributed by atoms with E-state index < -0.39 is 6.10 Å². The van der Waals surface area contributed by atoms with Crippen LogP contribution >= 0.6 is 0 Å². The third-order valence-electron chi connectivity index (χ3n) is 3.62. The fourth-order valence-corrected chi connectivity index (χ4v) is 2.23. The second-order valence-electron chi connectivity index (χ2n) is 5.47. The van der Waals surface area contributed by atoms with Crippen LogP contribution in [0.1, 0.15) is 37.4 Å². The minimum absolute atomic E-state index is 0.0376. The molecule has 0 fully saturated rings. The van der Waals surface area contributed by atoms with Crippen molar-refractivity contribution in [2.75, 3.05) is 0 Å². The van der Waals surface area contributed by atoms with Gasteiger partial charge >= 0.3 is 0 Å². The summed E-state index contributed by atoms with van der Waals surface area (Å²) in [6, 6.07) is 17.6. The maximum absolute atomic E-state index is 12.4. The minimum Gasteiger partial charge on any atom is -0.481 e. The smallest absolute Gasteiger partial charge is 0.261 e. The van der Waals surface area contributed by atoms with Crippen molar-refractivity contribution in [2.45, 2.75) is 39.3 Å². The molecule has 0 spiro atoms. The summed E-state index contributed by atoms with van der Waals surface area (Å²) in [7, 11) is 0. The molecule has 0 saturated carbocycles. The van der Waals surface area contributed by atoms with E-state index in [1.54, 1.807) is 0 Å². The molecule has 0 aliphatic carbocycles. The Balaban J connectivity index is 1.98. The highest BCUT2D eigenvalue weighted by atomic mass is 16.5. The van der Waals surface area contributed by atoms with E-state index in [2.05, 4.69) is 5.32 Å². The molecule has 2 rings (SSSR count). The average molecular weight is 297 g/mol. The first-order chi connectivity index (χ1) is 10.6. The van der Waals surface area contributed by atoms with Crippen molar-refractivity contribution in [2.24, 2.45) is 0 Å². The fraction of sp³-hybridized carbons (Fsp3) is 0.316. The Kier molecular flexibility index (Phi) is 5.59. The minimum atomic E-state index is -0.478. The summed E-state index contributed by atoms with van der Waals surface area (Å²) >= 11 is 0. The number of amides is 1. The maximum atomic E-state index is 12.4. The summed E-state index contributed by atoms with van der Waals surface area (Å²) in [6.07, 6.45) is 0.148. The third-order valence-corrected chi connectivity index (χ3v) is 3.62. The van der Waals surface area contributed by atoms with E-state index in [-0.39, 0.29) is 11.9 Å². The lowest BCUT2D eigenvalue weighted by molar-refractivity contribution is -0.128. The zero-order chi connectivity index (χ0) is 15.9. The van der Waals surface area contributed by atoms with Gasteiger partial charge in [0.1, 0.15) is 5.75 Å². The molecule has 116 valence electrons. The predicted octanol–water partition coefficient (Wildman–Crippen LogP) is 4.03. The number of benzene rings is 2. The molecule has 0 heterocycles. The van der Waals surface area contributed by atoms with Crippen molar-refractivity contribution in [1.82, 2.24) is 5.32 Å². The molecule has 0 radical (unpaired) electrons. The number of nitrogens with one attached hydrogen (secondary N) is 1. The summed E-state index contributed by atoms with van der Waals surface area (Å²) in [6.45, 7) is 5.95. The van der Waals surface area contributed by atoms with Gasteiger partial charge in [-0.25, -0.2) is 0 Å². The van der Waals surface area contributed by atoms with Gasteiger partial charge in [0.25, 0.3) is 5.91 Å². The van der Waals surface area contributed by atoms with Crippen LogP contribution in [0.25, 0.3) is 0 Å². The molecule has 2 aromatic rings. The van der Waals surface area contributed by atoms with Crippen molar-refractivity contribution in [3.05, 3.63) is 65.7 Å². The number of carbonyl (C=O) groups excluding carboxylic acids is 1. The molecular formula is C19H23NO2. The van der Waals surface area contributed by atoms with Gasteiger partial charge in [-0.15, -0.1) is 0 Å². The van der Waals surface area contributed by atoms with E-state index in [0.717, 1.165) is 11.3 Å². The Bertz CT molecular complexity index is 593. The van der Waals surface area contributed by atoms with Gasteiger partial charge in [0.15, 0.2) is 6.10 Å². The summed E-state index contributed by atoms with van der Waals surface area (Å²) in [5.74, 6) is 0.638. The van der Waals surface area contributed by atoms with Crippen LogP contribution < -0.4 is 10.1 Å². The Morgan fingerprint density at radius 2 is 1.73 bits per heavy atom. The van der Waals surface area contributed by atoms with Crippen LogP contribution in [0.2, 0.25) is 0 Å². The van der Waals surface area contributed by atoms with Crippen molar-refractivity contribution >= 4 is 5.91 Å². The van der Waals surface area contributed by atoms with E-state index >= 15 is 0 Å². The topological polar surface area (TPSA) is 38.3 Å². The molecule has 1 N–H and O–H groups in total. The molecule has 1 amide bonds. The first-order valence-corrected chi connectivity index (χ1v) is 7.68. The standard InChI is InChI=1S/C19H23NO2/c1-4-18(22-17-12-10-14(2)11-13-17)19(21)20-15(3)16-8-6-5-7-9-16/h5-13,15,18H,4H2,1-3H3,(H,20,21)/t15-,18-/m0/s1. The van der Waals surface area contributed by atoms with Crippen molar-refractivity contribution in [3.8, 4) is 5.75 Å². The number of carbonyl (C=O) groups is 1. The predicted molar refractivity (Wildman–Crippen MR) is 88.9 cm³/mol. The van der Waals surface area contributed by atoms with Crippen molar-refractivity contribution < 1.29 is 9.53 Å². The van der Waals surface area contributed by atoms with Gasteiger partial charge in [0.2, 0.25) is 0 Å². The number of hydrogen-bond acceptors (Lipinski definition) is 2. The fourth-order valence-electron chi connectivity index (χ4n) is 2.23. The summed E-state index contributed by atoms with van der Waals surface area (Å²) in [5.41, 5.74) is 2.25. The van der Waals surface area contributed by atoms with Crippen LogP contribution in [0.4, 0.5) is 0 Å². The van der Waals surface area contributed by atoms with Gasteiger partial charge in [-0.3, -0.25) is 4.79 Å². The van der Waals surface area contributed by atoms with E-state index in [9.17, 15) is 4.79 Å². The molecule has 3 heteroatoms. The summed E-state index contributed by atoms with van der Waals surface area (Å²) in [4.78, 5) is 12.4. The Labute approximate surface area is 132 Å². The largest absolute Gasteiger partial charge is 0.481 e. The normalized spacial score (nSPS) is 13.2. The quantitative estimate of drug-likeness (QED) is 0.874. The third kappa shape index (κ3) is 4.35. The number of ether oxygens (including phenoxy) is 1. The van der Waals surface area contributed by atoms with Crippen molar-refractivity contribution in [1.29, 1.82) is 0 Å². The molecule has 0 unspecified atom stereocenters. The monoisotopic (exact) mass is 297 g/mol. The van der Waals surface area contributed by atoms with Crippen LogP contribution in [0.3, 0.4) is 0 Å². The molecule has 0 aliphatic heterocycles. The van der Waals surface area contributed by atoms with Crippen LogP contribution in [-0.4, -0.2) is 12.0 Å². The summed E-state index contributed by atoms with van der Waals surface area (Å²) in [5, 5.41) is 3.01. The van der Waals surface area contributed by atoms with E-state index in [4.69, 9.17) is 4.74 Å². The summed E-state index contributed by atoms with van der Waals surface area (Å²) < 4.78 is 5.81.